The van der Waals surface area contributed by atoms with E-state index in [1.54, 1.807) is 53.4 Å². The first kappa shape index (κ1) is 19.4. The van der Waals surface area contributed by atoms with Crippen LogP contribution in [0.1, 0.15) is 33.2 Å². The third-order valence-electron chi connectivity index (χ3n) is 4.97. The molecule has 150 valence electrons. The summed E-state index contributed by atoms with van der Waals surface area (Å²) in [5.74, 6) is -0.582. The molecule has 0 unspecified atom stereocenters. The minimum atomic E-state index is -0.307. The van der Waals surface area contributed by atoms with Gasteiger partial charge in [-0.05, 0) is 60.5 Å². The van der Waals surface area contributed by atoms with Crippen LogP contribution in [0.2, 0.25) is 0 Å². The van der Waals surface area contributed by atoms with Crippen LogP contribution in [0.4, 0.5) is 17.1 Å². The lowest BCUT2D eigenvalue weighted by atomic mass is 10.1. The lowest BCUT2D eigenvalue weighted by Gasteiger charge is -2.17. The van der Waals surface area contributed by atoms with Crippen LogP contribution >= 0.6 is 0 Å². The lowest BCUT2D eigenvalue weighted by molar-refractivity contribution is -0.114. The summed E-state index contributed by atoms with van der Waals surface area (Å²) in [5, 5.41) is 5.49. The standard InChI is InChI=1S/C24H21N3O3/c1-16(28)25-20-9-11-21(12-10-20)26-23(29)18-6-4-7-19(15-18)24(30)27-14-13-17-5-2-3-8-22(17)27/h2-12,15H,13-14H2,1H3,(H,25,28)(H,26,29). The zero-order chi connectivity index (χ0) is 21.1. The number of anilines is 3. The highest BCUT2D eigenvalue weighted by atomic mass is 16.2. The first-order valence-corrected chi connectivity index (χ1v) is 9.70. The first-order valence-electron chi connectivity index (χ1n) is 9.70. The molecule has 0 spiro atoms. The molecule has 1 aliphatic heterocycles. The summed E-state index contributed by atoms with van der Waals surface area (Å²) in [6, 6.07) is 21.4. The molecule has 3 aromatic carbocycles. The minimum absolute atomic E-state index is 0.116. The molecule has 0 atom stereocenters. The molecule has 3 amide bonds. The molecule has 6 heteroatoms. The van der Waals surface area contributed by atoms with Crippen molar-refractivity contribution in [1.82, 2.24) is 0 Å². The Morgan fingerprint density at radius 2 is 1.47 bits per heavy atom. The van der Waals surface area contributed by atoms with Gasteiger partial charge in [0.05, 0.1) is 0 Å². The van der Waals surface area contributed by atoms with Crippen molar-refractivity contribution in [2.75, 3.05) is 22.1 Å². The highest BCUT2D eigenvalue weighted by Crippen LogP contribution is 2.29. The zero-order valence-corrected chi connectivity index (χ0v) is 16.5. The fraction of sp³-hybridized carbons (Fsp3) is 0.125. The van der Waals surface area contributed by atoms with E-state index in [4.69, 9.17) is 0 Å². The van der Waals surface area contributed by atoms with Crippen LogP contribution in [0.15, 0.2) is 72.8 Å². The second-order valence-electron chi connectivity index (χ2n) is 7.13. The van der Waals surface area contributed by atoms with Crippen molar-refractivity contribution in [3.63, 3.8) is 0 Å². The molecule has 0 bridgehead atoms. The Labute approximate surface area is 174 Å². The Bertz CT molecular complexity index is 1120. The van der Waals surface area contributed by atoms with E-state index in [0.29, 0.717) is 29.0 Å². The number of amides is 3. The first-order chi connectivity index (χ1) is 14.5. The van der Waals surface area contributed by atoms with Crippen LogP contribution in [-0.2, 0) is 11.2 Å². The highest BCUT2D eigenvalue weighted by Gasteiger charge is 2.25. The molecule has 6 nitrogen and oxygen atoms in total. The normalized spacial score (nSPS) is 12.2. The molecule has 0 aromatic heterocycles. The molecule has 0 saturated heterocycles. The third kappa shape index (κ3) is 4.07. The van der Waals surface area contributed by atoms with E-state index < -0.39 is 0 Å². The number of benzene rings is 3. The van der Waals surface area contributed by atoms with E-state index in [0.717, 1.165) is 17.7 Å². The third-order valence-corrected chi connectivity index (χ3v) is 4.97. The molecule has 0 radical (unpaired) electrons. The summed E-state index contributed by atoms with van der Waals surface area (Å²) in [6.45, 7) is 2.07. The number of rotatable bonds is 4. The van der Waals surface area contributed by atoms with Crippen LogP contribution in [-0.4, -0.2) is 24.3 Å². The summed E-state index contributed by atoms with van der Waals surface area (Å²) in [7, 11) is 0. The molecule has 30 heavy (non-hydrogen) atoms. The smallest absolute Gasteiger partial charge is 0.258 e. The molecule has 0 aliphatic carbocycles. The average molecular weight is 399 g/mol. The van der Waals surface area contributed by atoms with Crippen LogP contribution in [0.25, 0.3) is 0 Å². The van der Waals surface area contributed by atoms with Gasteiger partial charge in [0.2, 0.25) is 5.91 Å². The maximum Gasteiger partial charge on any atom is 0.258 e. The molecular weight excluding hydrogens is 378 g/mol. The average Bonchev–Trinajstić information content (AvgIpc) is 3.18. The Kier molecular flexibility index (Phi) is 5.30. The SMILES string of the molecule is CC(=O)Nc1ccc(NC(=O)c2cccc(C(=O)N3CCc4ccccc43)c2)cc1. The van der Waals surface area contributed by atoms with E-state index in [-0.39, 0.29) is 17.7 Å². The molecule has 0 saturated carbocycles. The van der Waals surface area contributed by atoms with Gasteiger partial charge in [-0.15, -0.1) is 0 Å². The van der Waals surface area contributed by atoms with Crippen molar-refractivity contribution in [3.8, 4) is 0 Å². The number of hydrogen-bond donors (Lipinski definition) is 2. The Hall–Kier alpha value is -3.93. The second kappa shape index (κ2) is 8.21. The highest BCUT2D eigenvalue weighted by molar-refractivity contribution is 6.10. The van der Waals surface area contributed by atoms with Crippen molar-refractivity contribution in [2.24, 2.45) is 0 Å². The topological polar surface area (TPSA) is 78.5 Å². The van der Waals surface area contributed by atoms with Gasteiger partial charge >= 0.3 is 0 Å². The zero-order valence-electron chi connectivity index (χ0n) is 16.5. The Morgan fingerprint density at radius 1 is 0.800 bits per heavy atom. The molecule has 1 aliphatic rings. The van der Waals surface area contributed by atoms with Gasteiger partial charge < -0.3 is 15.5 Å². The van der Waals surface area contributed by atoms with Gasteiger partial charge in [0.25, 0.3) is 11.8 Å². The second-order valence-corrected chi connectivity index (χ2v) is 7.13. The van der Waals surface area contributed by atoms with Crippen LogP contribution < -0.4 is 15.5 Å². The van der Waals surface area contributed by atoms with Crippen molar-refractivity contribution in [2.45, 2.75) is 13.3 Å². The molecule has 4 rings (SSSR count). The van der Waals surface area contributed by atoms with E-state index in [2.05, 4.69) is 10.6 Å². The number of para-hydroxylation sites is 1. The van der Waals surface area contributed by atoms with Crippen molar-refractivity contribution in [1.29, 1.82) is 0 Å². The molecule has 2 N–H and O–H groups in total. The van der Waals surface area contributed by atoms with Gasteiger partial charge in [-0.2, -0.15) is 0 Å². The molecule has 0 fully saturated rings. The van der Waals surface area contributed by atoms with Gasteiger partial charge in [0.1, 0.15) is 0 Å². The fourth-order valence-electron chi connectivity index (χ4n) is 3.54. The quantitative estimate of drug-likeness (QED) is 0.693. The van der Waals surface area contributed by atoms with Gasteiger partial charge in [-0.25, -0.2) is 0 Å². The van der Waals surface area contributed by atoms with Gasteiger partial charge in [0, 0.05) is 41.7 Å². The number of hydrogen-bond acceptors (Lipinski definition) is 3. The largest absolute Gasteiger partial charge is 0.326 e. The van der Waals surface area contributed by atoms with Crippen LogP contribution in [0.5, 0.6) is 0 Å². The number of carbonyl (C=O) groups is 3. The summed E-state index contributed by atoms with van der Waals surface area (Å²) in [5.41, 5.74) is 4.21. The van der Waals surface area contributed by atoms with E-state index in [9.17, 15) is 14.4 Å². The van der Waals surface area contributed by atoms with Crippen molar-refractivity contribution >= 4 is 34.8 Å². The maximum absolute atomic E-state index is 13.0. The Balaban J connectivity index is 1.48. The van der Waals surface area contributed by atoms with Gasteiger partial charge in [0.15, 0.2) is 0 Å². The van der Waals surface area contributed by atoms with Gasteiger partial charge in [-0.1, -0.05) is 24.3 Å². The summed E-state index contributed by atoms with van der Waals surface area (Å²) < 4.78 is 0. The number of fused-ring (bicyclic) bond motifs is 1. The summed E-state index contributed by atoms with van der Waals surface area (Å²) in [6.07, 6.45) is 0.830. The fourth-order valence-corrected chi connectivity index (χ4v) is 3.54. The number of nitrogens with zero attached hydrogens (tertiary/aromatic N) is 1. The van der Waals surface area contributed by atoms with Crippen LogP contribution in [0, 0.1) is 0 Å². The molecule has 3 aromatic rings. The van der Waals surface area contributed by atoms with Crippen molar-refractivity contribution in [3.05, 3.63) is 89.5 Å². The lowest BCUT2D eigenvalue weighted by Crippen LogP contribution is -2.29. The Morgan fingerprint density at radius 3 is 2.20 bits per heavy atom. The van der Waals surface area contributed by atoms with Gasteiger partial charge in [-0.3, -0.25) is 14.4 Å². The monoisotopic (exact) mass is 399 g/mol. The van der Waals surface area contributed by atoms with E-state index in [1.807, 2.05) is 24.3 Å². The predicted molar refractivity (Wildman–Crippen MR) is 117 cm³/mol. The van der Waals surface area contributed by atoms with E-state index in [1.165, 1.54) is 6.92 Å². The predicted octanol–water partition coefficient (Wildman–Crippen LogP) is 4.10. The summed E-state index contributed by atoms with van der Waals surface area (Å²) in [4.78, 5) is 38.6. The summed E-state index contributed by atoms with van der Waals surface area (Å²) >= 11 is 0. The van der Waals surface area contributed by atoms with Crippen LogP contribution in [0.3, 0.4) is 0 Å². The van der Waals surface area contributed by atoms with E-state index >= 15 is 0 Å². The molecular formula is C24H21N3O3. The number of nitrogens with one attached hydrogen (secondary N) is 2. The maximum atomic E-state index is 13.0. The van der Waals surface area contributed by atoms with Crippen molar-refractivity contribution < 1.29 is 14.4 Å². The minimum Gasteiger partial charge on any atom is -0.326 e. The molecule has 1 heterocycles. The number of carbonyl (C=O) groups excluding carboxylic acids is 3.